The maximum absolute atomic E-state index is 12.4. The summed E-state index contributed by atoms with van der Waals surface area (Å²) in [6.07, 6.45) is 0. The maximum Gasteiger partial charge on any atom is 0.262 e. The topological polar surface area (TPSA) is 68.3 Å². The van der Waals surface area contributed by atoms with Crippen molar-refractivity contribution in [3.05, 3.63) is 48.0 Å². The molecule has 0 spiro atoms. The van der Waals surface area contributed by atoms with Crippen LogP contribution in [0.15, 0.2) is 46.8 Å². The highest BCUT2D eigenvalue weighted by Gasteiger charge is 2.18. The predicted octanol–water partition coefficient (Wildman–Crippen LogP) is 3.60. The fourth-order valence-electron chi connectivity index (χ4n) is 2.38. The first kappa shape index (κ1) is 15.2. The Morgan fingerprint density at radius 2 is 2.17 bits per heavy atom. The number of rotatable bonds is 4. The van der Waals surface area contributed by atoms with Crippen LogP contribution in [0.25, 0.3) is 10.2 Å². The summed E-state index contributed by atoms with van der Waals surface area (Å²) in [5.41, 5.74) is 2.04. The Labute approximate surface area is 146 Å². The summed E-state index contributed by atoms with van der Waals surface area (Å²) in [5.74, 6) is 0.663. The lowest BCUT2D eigenvalue weighted by Gasteiger charge is -2.18. The SMILES string of the molecule is O=C1COc2ccc(C(=O)CSc3nc4ccccc4s3)cc2N1. The van der Waals surface area contributed by atoms with Crippen LogP contribution in [0.4, 0.5) is 5.69 Å². The van der Waals surface area contributed by atoms with E-state index in [1.165, 1.54) is 11.8 Å². The molecule has 3 aromatic rings. The molecule has 1 N–H and O–H groups in total. The van der Waals surface area contributed by atoms with Crippen molar-refractivity contribution >= 4 is 50.7 Å². The normalized spacial score (nSPS) is 13.2. The molecular formula is C17H12N2O3S2. The standard InChI is InChI=1S/C17H12N2O3S2/c20-13(9-23-17-19-11-3-1-2-4-15(11)24-17)10-5-6-14-12(7-10)18-16(21)8-22-14/h1-7H,8-9H2,(H,18,21). The molecule has 2 aromatic carbocycles. The minimum absolute atomic E-state index is 0.00769. The van der Waals surface area contributed by atoms with E-state index in [0.717, 1.165) is 14.6 Å². The van der Waals surface area contributed by atoms with Gasteiger partial charge in [-0.3, -0.25) is 9.59 Å². The molecule has 120 valence electrons. The molecule has 0 aliphatic carbocycles. The van der Waals surface area contributed by atoms with Gasteiger partial charge in [-0.15, -0.1) is 11.3 Å². The highest BCUT2D eigenvalue weighted by Crippen LogP contribution is 2.31. The molecule has 1 aromatic heterocycles. The third-order valence-electron chi connectivity index (χ3n) is 3.54. The van der Waals surface area contributed by atoms with Crippen LogP contribution in [0.3, 0.4) is 0 Å². The van der Waals surface area contributed by atoms with Gasteiger partial charge in [-0.05, 0) is 30.3 Å². The van der Waals surface area contributed by atoms with Gasteiger partial charge in [-0.2, -0.15) is 0 Å². The van der Waals surface area contributed by atoms with E-state index in [9.17, 15) is 9.59 Å². The number of nitrogens with zero attached hydrogens (tertiary/aromatic N) is 1. The van der Waals surface area contributed by atoms with Gasteiger partial charge in [0.1, 0.15) is 5.75 Å². The zero-order chi connectivity index (χ0) is 16.5. The fraction of sp³-hybridized carbons (Fsp3) is 0.118. The quantitative estimate of drug-likeness (QED) is 0.571. The second kappa shape index (κ2) is 6.26. The summed E-state index contributed by atoms with van der Waals surface area (Å²) in [5, 5.41) is 2.71. The predicted molar refractivity (Wildman–Crippen MR) is 95.2 cm³/mol. The van der Waals surface area contributed by atoms with Crippen molar-refractivity contribution < 1.29 is 14.3 Å². The lowest BCUT2D eigenvalue weighted by Crippen LogP contribution is -2.25. The van der Waals surface area contributed by atoms with E-state index in [-0.39, 0.29) is 18.3 Å². The van der Waals surface area contributed by atoms with Crippen LogP contribution in [0.5, 0.6) is 5.75 Å². The number of hydrogen-bond acceptors (Lipinski definition) is 6. The Morgan fingerprint density at radius 1 is 1.29 bits per heavy atom. The zero-order valence-corrected chi connectivity index (χ0v) is 14.1. The van der Waals surface area contributed by atoms with Crippen molar-refractivity contribution in [3.63, 3.8) is 0 Å². The van der Waals surface area contributed by atoms with Gasteiger partial charge < -0.3 is 10.1 Å². The average molecular weight is 356 g/mol. The van der Waals surface area contributed by atoms with Crippen LogP contribution in [-0.4, -0.2) is 29.0 Å². The number of carbonyl (C=O) groups excluding carboxylic acids is 2. The van der Waals surface area contributed by atoms with Crippen molar-refractivity contribution in [1.82, 2.24) is 4.98 Å². The monoisotopic (exact) mass is 356 g/mol. The smallest absolute Gasteiger partial charge is 0.262 e. The average Bonchev–Trinajstić information content (AvgIpc) is 3.02. The number of anilines is 1. The van der Waals surface area contributed by atoms with Crippen LogP contribution in [0.1, 0.15) is 10.4 Å². The number of benzene rings is 2. The molecule has 0 bridgehead atoms. The minimum Gasteiger partial charge on any atom is -0.482 e. The molecule has 0 unspecified atom stereocenters. The summed E-state index contributed by atoms with van der Waals surface area (Å²) in [7, 11) is 0. The molecule has 5 nitrogen and oxygen atoms in total. The van der Waals surface area contributed by atoms with E-state index in [1.807, 2.05) is 24.3 Å². The van der Waals surface area contributed by atoms with Gasteiger partial charge in [0.05, 0.1) is 21.7 Å². The lowest BCUT2D eigenvalue weighted by atomic mass is 10.1. The molecule has 1 aliphatic rings. The Bertz CT molecular complexity index is 919. The molecule has 0 saturated heterocycles. The number of ether oxygens (including phenoxy) is 1. The number of carbonyl (C=O) groups is 2. The third kappa shape index (κ3) is 3.00. The van der Waals surface area contributed by atoms with Gasteiger partial charge in [0.2, 0.25) is 0 Å². The number of Topliss-reactive ketones (excluding diaryl/α,β-unsaturated/α-hetero) is 1. The Kier molecular flexibility index (Phi) is 3.95. The van der Waals surface area contributed by atoms with Crippen molar-refractivity contribution in [2.45, 2.75) is 4.34 Å². The number of thiazole rings is 1. The van der Waals surface area contributed by atoms with Crippen molar-refractivity contribution in [2.75, 3.05) is 17.7 Å². The molecular weight excluding hydrogens is 344 g/mol. The second-order valence-electron chi connectivity index (χ2n) is 5.21. The van der Waals surface area contributed by atoms with E-state index in [0.29, 0.717) is 22.8 Å². The summed E-state index contributed by atoms with van der Waals surface area (Å²) in [4.78, 5) is 28.3. The molecule has 24 heavy (non-hydrogen) atoms. The minimum atomic E-state index is -0.212. The molecule has 0 saturated carbocycles. The van der Waals surface area contributed by atoms with E-state index in [2.05, 4.69) is 10.3 Å². The summed E-state index contributed by atoms with van der Waals surface area (Å²) < 4.78 is 7.28. The number of ketones is 1. The van der Waals surface area contributed by atoms with Gasteiger partial charge in [-0.1, -0.05) is 23.9 Å². The number of aromatic nitrogens is 1. The van der Waals surface area contributed by atoms with Gasteiger partial charge in [0.25, 0.3) is 5.91 Å². The van der Waals surface area contributed by atoms with Crippen LogP contribution < -0.4 is 10.1 Å². The first-order valence-electron chi connectivity index (χ1n) is 7.27. The number of hydrogen-bond donors (Lipinski definition) is 1. The number of nitrogens with one attached hydrogen (secondary N) is 1. The van der Waals surface area contributed by atoms with Crippen LogP contribution in [-0.2, 0) is 4.79 Å². The summed E-state index contributed by atoms with van der Waals surface area (Å²) >= 11 is 3.01. The summed E-state index contributed by atoms with van der Waals surface area (Å²) in [6, 6.07) is 13.0. The molecule has 1 aliphatic heterocycles. The Balaban J connectivity index is 1.48. The van der Waals surface area contributed by atoms with Crippen molar-refractivity contribution in [1.29, 1.82) is 0 Å². The van der Waals surface area contributed by atoms with E-state index in [1.54, 1.807) is 29.5 Å². The first-order valence-corrected chi connectivity index (χ1v) is 9.07. The number of thioether (sulfide) groups is 1. The van der Waals surface area contributed by atoms with Crippen LogP contribution in [0, 0.1) is 0 Å². The molecule has 0 fully saturated rings. The van der Waals surface area contributed by atoms with E-state index < -0.39 is 0 Å². The highest BCUT2D eigenvalue weighted by atomic mass is 32.2. The van der Waals surface area contributed by atoms with Gasteiger partial charge in [0.15, 0.2) is 16.7 Å². The van der Waals surface area contributed by atoms with E-state index in [4.69, 9.17) is 4.74 Å². The zero-order valence-electron chi connectivity index (χ0n) is 12.4. The molecule has 7 heteroatoms. The van der Waals surface area contributed by atoms with E-state index >= 15 is 0 Å². The molecule has 1 amide bonds. The number of amides is 1. The van der Waals surface area contributed by atoms with Gasteiger partial charge in [-0.25, -0.2) is 4.98 Å². The first-order chi connectivity index (χ1) is 11.7. The molecule has 0 radical (unpaired) electrons. The van der Waals surface area contributed by atoms with Crippen LogP contribution >= 0.6 is 23.1 Å². The van der Waals surface area contributed by atoms with Crippen molar-refractivity contribution in [2.24, 2.45) is 0 Å². The number of fused-ring (bicyclic) bond motifs is 2. The Hall–Kier alpha value is -2.38. The summed E-state index contributed by atoms with van der Waals surface area (Å²) in [6.45, 7) is 0.00769. The van der Waals surface area contributed by atoms with Crippen LogP contribution in [0.2, 0.25) is 0 Å². The molecule has 4 rings (SSSR count). The van der Waals surface area contributed by atoms with Gasteiger partial charge >= 0.3 is 0 Å². The Morgan fingerprint density at radius 3 is 3.04 bits per heavy atom. The maximum atomic E-state index is 12.4. The molecule has 2 heterocycles. The van der Waals surface area contributed by atoms with Gasteiger partial charge in [0, 0.05) is 5.56 Å². The lowest BCUT2D eigenvalue weighted by molar-refractivity contribution is -0.118. The van der Waals surface area contributed by atoms with Crippen molar-refractivity contribution in [3.8, 4) is 5.75 Å². The second-order valence-corrected chi connectivity index (χ2v) is 7.46. The highest BCUT2D eigenvalue weighted by molar-refractivity contribution is 8.01. The number of para-hydroxylation sites is 1. The fourth-order valence-corrected chi connectivity index (χ4v) is 4.34. The third-order valence-corrected chi connectivity index (χ3v) is 5.71. The largest absolute Gasteiger partial charge is 0.482 e. The molecule has 0 atom stereocenters.